The lowest BCUT2D eigenvalue weighted by Crippen LogP contribution is -2.02. The fourth-order valence-electron chi connectivity index (χ4n) is 1.79. The van der Waals surface area contributed by atoms with Crippen molar-refractivity contribution >= 4 is 27.3 Å². The molecule has 0 fully saturated rings. The zero-order valence-corrected chi connectivity index (χ0v) is 12.3. The molecule has 0 atom stereocenters. The zero-order valence-electron chi connectivity index (χ0n) is 10.7. The van der Waals surface area contributed by atoms with Crippen molar-refractivity contribution < 1.29 is 9.31 Å². The maximum atomic E-state index is 13.5. The maximum Gasteiger partial charge on any atom is 0.304 e. The first kappa shape index (κ1) is 14.5. The summed E-state index contributed by atoms with van der Waals surface area (Å²) in [6.45, 7) is 2.36. The third-order valence-electron chi connectivity index (χ3n) is 2.88. The van der Waals surface area contributed by atoms with Crippen molar-refractivity contribution in [3.8, 4) is 0 Å². The Bertz CT molecular complexity index is 662. The second kappa shape index (κ2) is 6.00. The van der Waals surface area contributed by atoms with Gasteiger partial charge in [-0.25, -0.2) is 0 Å². The summed E-state index contributed by atoms with van der Waals surface area (Å²) in [6.07, 6.45) is 0. The van der Waals surface area contributed by atoms with Gasteiger partial charge in [-0.15, -0.1) is 0 Å². The van der Waals surface area contributed by atoms with Crippen LogP contribution in [0.4, 0.5) is 15.8 Å². The van der Waals surface area contributed by atoms with E-state index in [0.717, 1.165) is 15.7 Å². The minimum Gasteiger partial charge on any atom is -0.380 e. The van der Waals surface area contributed by atoms with Crippen LogP contribution in [0.1, 0.15) is 11.1 Å². The molecule has 0 saturated heterocycles. The average molecular weight is 339 g/mol. The third kappa shape index (κ3) is 3.14. The van der Waals surface area contributed by atoms with Crippen LogP contribution < -0.4 is 5.32 Å². The molecule has 0 aromatic heterocycles. The van der Waals surface area contributed by atoms with Gasteiger partial charge in [0.05, 0.1) is 4.92 Å². The van der Waals surface area contributed by atoms with Crippen LogP contribution in [0.3, 0.4) is 0 Å². The van der Waals surface area contributed by atoms with Gasteiger partial charge in [-0.05, 0) is 46.1 Å². The van der Waals surface area contributed by atoms with Crippen molar-refractivity contribution in [3.05, 3.63) is 67.9 Å². The van der Waals surface area contributed by atoms with Crippen LogP contribution in [0.5, 0.6) is 0 Å². The Labute approximate surface area is 123 Å². The molecule has 0 aliphatic carbocycles. The van der Waals surface area contributed by atoms with E-state index in [1.54, 1.807) is 0 Å². The molecule has 0 bridgehead atoms. The van der Waals surface area contributed by atoms with Crippen LogP contribution in [0.15, 0.2) is 40.9 Å². The molecule has 2 aromatic rings. The van der Waals surface area contributed by atoms with Gasteiger partial charge in [-0.1, -0.05) is 18.2 Å². The van der Waals surface area contributed by atoms with E-state index in [0.29, 0.717) is 12.1 Å². The van der Waals surface area contributed by atoms with Crippen LogP contribution in [0.2, 0.25) is 0 Å². The lowest BCUT2D eigenvalue weighted by atomic mass is 10.2. The van der Waals surface area contributed by atoms with Gasteiger partial charge in [0, 0.05) is 22.8 Å². The van der Waals surface area contributed by atoms with Gasteiger partial charge in [-0.3, -0.25) is 10.1 Å². The number of hydrogen-bond acceptors (Lipinski definition) is 3. The standard InChI is InChI=1S/C14H12BrFN2O2/c1-9-3-2-4-12(14(9)15)17-8-10-5-6-13(18(19)20)11(16)7-10/h2-7,17H,8H2,1H3. The molecular formula is C14H12BrFN2O2. The molecule has 2 rings (SSSR count). The first-order chi connectivity index (χ1) is 9.49. The second-order valence-electron chi connectivity index (χ2n) is 4.33. The fraction of sp³-hybridized carbons (Fsp3) is 0.143. The zero-order chi connectivity index (χ0) is 14.7. The Hall–Kier alpha value is -1.95. The topological polar surface area (TPSA) is 55.2 Å². The largest absolute Gasteiger partial charge is 0.380 e. The van der Waals surface area contributed by atoms with Crippen molar-refractivity contribution in [1.82, 2.24) is 0 Å². The molecule has 0 aliphatic heterocycles. The average Bonchev–Trinajstić information content (AvgIpc) is 2.40. The number of nitro benzene ring substituents is 1. The lowest BCUT2D eigenvalue weighted by Gasteiger charge is -2.10. The Balaban J connectivity index is 2.13. The van der Waals surface area contributed by atoms with Crippen molar-refractivity contribution in [2.75, 3.05) is 5.32 Å². The number of aryl methyl sites for hydroxylation is 1. The van der Waals surface area contributed by atoms with Crippen molar-refractivity contribution in [1.29, 1.82) is 0 Å². The molecule has 0 amide bonds. The molecular weight excluding hydrogens is 327 g/mol. The number of hydrogen-bond donors (Lipinski definition) is 1. The number of halogens is 2. The van der Waals surface area contributed by atoms with E-state index in [1.165, 1.54) is 18.2 Å². The quantitative estimate of drug-likeness (QED) is 0.663. The molecule has 0 heterocycles. The predicted molar refractivity (Wildman–Crippen MR) is 79.3 cm³/mol. The summed E-state index contributed by atoms with van der Waals surface area (Å²) in [5.41, 5.74) is 2.11. The molecule has 104 valence electrons. The first-order valence-electron chi connectivity index (χ1n) is 5.91. The van der Waals surface area contributed by atoms with Crippen LogP contribution in [0, 0.1) is 22.9 Å². The summed E-state index contributed by atoms with van der Waals surface area (Å²) in [5, 5.41) is 13.7. The van der Waals surface area contributed by atoms with Crippen molar-refractivity contribution in [3.63, 3.8) is 0 Å². The summed E-state index contributed by atoms with van der Waals surface area (Å²) < 4.78 is 14.4. The van der Waals surface area contributed by atoms with Crippen LogP contribution in [0.25, 0.3) is 0 Å². The smallest absolute Gasteiger partial charge is 0.304 e. The van der Waals surface area contributed by atoms with Gasteiger partial charge in [0.25, 0.3) is 0 Å². The maximum absolute atomic E-state index is 13.5. The summed E-state index contributed by atoms with van der Waals surface area (Å²) in [5.74, 6) is -0.822. The van der Waals surface area contributed by atoms with E-state index >= 15 is 0 Å². The molecule has 0 aliphatic rings. The molecule has 0 radical (unpaired) electrons. The van der Waals surface area contributed by atoms with Gasteiger partial charge in [0.15, 0.2) is 0 Å². The van der Waals surface area contributed by atoms with Crippen LogP contribution in [-0.2, 0) is 6.54 Å². The van der Waals surface area contributed by atoms with E-state index in [9.17, 15) is 14.5 Å². The van der Waals surface area contributed by atoms with Crippen LogP contribution >= 0.6 is 15.9 Å². The second-order valence-corrected chi connectivity index (χ2v) is 5.13. The number of nitrogens with zero attached hydrogens (tertiary/aromatic N) is 1. The predicted octanol–water partition coefficient (Wildman–Crippen LogP) is 4.42. The molecule has 20 heavy (non-hydrogen) atoms. The van der Waals surface area contributed by atoms with E-state index < -0.39 is 16.4 Å². The number of nitro groups is 1. The van der Waals surface area contributed by atoms with Gasteiger partial charge in [0.2, 0.25) is 5.82 Å². The Morgan fingerprint density at radius 3 is 2.75 bits per heavy atom. The third-order valence-corrected chi connectivity index (χ3v) is 3.94. The molecule has 6 heteroatoms. The van der Waals surface area contributed by atoms with Crippen molar-refractivity contribution in [2.45, 2.75) is 13.5 Å². The number of rotatable bonds is 4. The summed E-state index contributed by atoms with van der Waals surface area (Å²) in [7, 11) is 0. The summed E-state index contributed by atoms with van der Waals surface area (Å²) in [6, 6.07) is 9.68. The monoisotopic (exact) mass is 338 g/mol. The number of nitrogens with one attached hydrogen (secondary N) is 1. The Morgan fingerprint density at radius 2 is 2.10 bits per heavy atom. The highest BCUT2D eigenvalue weighted by atomic mass is 79.9. The highest BCUT2D eigenvalue weighted by molar-refractivity contribution is 9.10. The van der Waals surface area contributed by atoms with E-state index in [4.69, 9.17) is 0 Å². The first-order valence-corrected chi connectivity index (χ1v) is 6.70. The minimum atomic E-state index is -0.822. The number of benzene rings is 2. The van der Waals surface area contributed by atoms with Gasteiger partial charge in [0.1, 0.15) is 0 Å². The lowest BCUT2D eigenvalue weighted by molar-refractivity contribution is -0.387. The molecule has 2 aromatic carbocycles. The number of anilines is 1. The molecule has 0 spiro atoms. The molecule has 1 N–H and O–H groups in total. The van der Waals surface area contributed by atoms with E-state index in [1.807, 2.05) is 25.1 Å². The molecule has 0 saturated carbocycles. The Kier molecular flexibility index (Phi) is 4.34. The minimum absolute atomic E-state index is 0.386. The summed E-state index contributed by atoms with van der Waals surface area (Å²) >= 11 is 3.47. The van der Waals surface area contributed by atoms with Crippen LogP contribution in [-0.4, -0.2) is 4.92 Å². The summed E-state index contributed by atoms with van der Waals surface area (Å²) in [4.78, 5) is 9.81. The van der Waals surface area contributed by atoms with Gasteiger partial charge in [-0.2, -0.15) is 4.39 Å². The molecule has 4 nitrogen and oxygen atoms in total. The Morgan fingerprint density at radius 1 is 1.35 bits per heavy atom. The van der Waals surface area contributed by atoms with Crippen molar-refractivity contribution in [2.24, 2.45) is 0 Å². The van der Waals surface area contributed by atoms with E-state index in [-0.39, 0.29) is 0 Å². The fourth-order valence-corrected chi connectivity index (χ4v) is 2.19. The van der Waals surface area contributed by atoms with Gasteiger partial charge >= 0.3 is 5.69 Å². The normalized spacial score (nSPS) is 10.3. The SMILES string of the molecule is Cc1cccc(NCc2ccc([N+](=O)[O-])c(F)c2)c1Br. The highest BCUT2D eigenvalue weighted by Crippen LogP contribution is 2.26. The van der Waals surface area contributed by atoms with Gasteiger partial charge < -0.3 is 5.32 Å². The highest BCUT2D eigenvalue weighted by Gasteiger charge is 2.13. The molecule has 0 unspecified atom stereocenters. The van der Waals surface area contributed by atoms with E-state index in [2.05, 4.69) is 21.2 Å².